The van der Waals surface area contributed by atoms with Crippen molar-refractivity contribution in [3.05, 3.63) is 35.6 Å². The van der Waals surface area contributed by atoms with Crippen molar-refractivity contribution in [2.75, 3.05) is 6.61 Å². The molecule has 0 fully saturated rings. The Hall–Kier alpha value is -1.95. The molecule has 0 aliphatic rings. The van der Waals surface area contributed by atoms with Gasteiger partial charge in [-0.15, -0.1) is 0 Å². The minimum absolute atomic E-state index is 0.105. The lowest BCUT2D eigenvalue weighted by atomic mass is 9.88. The maximum atomic E-state index is 13.1. The van der Waals surface area contributed by atoms with Crippen molar-refractivity contribution in [3.8, 4) is 0 Å². The van der Waals surface area contributed by atoms with E-state index < -0.39 is 17.6 Å². The number of rotatable bonds is 8. The van der Waals surface area contributed by atoms with Gasteiger partial charge in [-0.05, 0) is 44.4 Å². The van der Waals surface area contributed by atoms with Gasteiger partial charge in [0.1, 0.15) is 11.4 Å². The third-order valence-corrected chi connectivity index (χ3v) is 3.55. The number of esters is 2. The number of nitrogens with two attached hydrogens (primary N) is 1. The Morgan fingerprint density at radius 3 is 2.43 bits per heavy atom. The van der Waals surface area contributed by atoms with E-state index in [4.69, 9.17) is 15.2 Å². The molecule has 2 atom stereocenters. The minimum atomic E-state index is -0.925. The smallest absolute Gasteiger partial charge is 0.307 e. The Kier molecular flexibility index (Phi) is 7.16. The third-order valence-electron chi connectivity index (χ3n) is 3.55. The normalized spacial score (nSPS) is 14.7. The first-order chi connectivity index (χ1) is 10.8. The second-order valence-corrected chi connectivity index (χ2v) is 5.64. The van der Waals surface area contributed by atoms with E-state index in [1.165, 1.54) is 19.1 Å². The van der Waals surface area contributed by atoms with Crippen LogP contribution in [0.4, 0.5) is 4.39 Å². The Labute approximate surface area is 136 Å². The van der Waals surface area contributed by atoms with Gasteiger partial charge in [0, 0.05) is 13.0 Å². The topological polar surface area (TPSA) is 78.6 Å². The zero-order valence-corrected chi connectivity index (χ0v) is 13.8. The van der Waals surface area contributed by atoms with Gasteiger partial charge >= 0.3 is 11.9 Å². The van der Waals surface area contributed by atoms with E-state index in [1.54, 1.807) is 26.0 Å². The second-order valence-electron chi connectivity index (χ2n) is 5.64. The SMILES string of the molecule is CCOC(=O)CC(N)CCC(C)(OC(C)=O)c1ccc(F)cc1. The lowest BCUT2D eigenvalue weighted by Gasteiger charge is -2.30. The van der Waals surface area contributed by atoms with E-state index in [1.807, 2.05) is 0 Å². The highest BCUT2D eigenvalue weighted by molar-refractivity contribution is 5.70. The quantitative estimate of drug-likeness (QED) is 0.743. The molecule has 5 nitrogen and oxygen atoms in total. The molecule has 0 bridgehead atoms. The monoisotopic (exact) mass is 325 g/mol. The first-order valence-corrected chi connectivity index (χ1v) is 7.63. The van der Waals surface area contributed by atoms with Gasteiger partial charge in [0.25, 0.3) is 0 Å². The predicted octanol–water partition coefficient (Wildman–Crippen LogP) is 2.66. The summed E-state index contributed by atoms with van der Waals surface area (Å²) in [5.41, 5.74) is 5.70. The van der Waals surface area contributed by atoms with E-state index in [9.17, 15) is 14.0 Å². The molecule has 0 saturated heterocycles. The summed E-state index contributed by atoms with van der Waals surface area (Å²) in [5, 5.41) is 0. The van der Waals surface area contributed by atoms with Gasteiger partial charge in [0.05, 0.1) is 13.0 Å². The van der Waals surface area contributed by atoms with Crippen LogP contribution in [0.1, 0.15) is 45.6 Å². The van der Waals surface area contributed by atoms with Gasteiger partial charge in [0.15, 0.2) is 0 Å². The lowest BCUT2D eigenvalue weighted by molar-refractivity contribution is -0.157. The van der Waals surface area contributed by atoms with Gasteiger partial charge < -0.3 is 15.2 Å². The third kappa shape index (κ3) is 6.36. The average Bonchev–Trinajstić information content (AvgIpc) is 2.45. The number of halogens is 1. The van der Waals surface area contributed by atoms with Crippen molar-refractivity contribution in [1.82, 2.24) is 0 Å². The van der Waals surface area contributed by atoms with E-state index in [-0.39, 0.29) is 18.2 Å². The largest absolute Gasteiger partial charge is 0.466 e. The fourth-order valence-electron chi connectivity index (χ4n) is 2.37. The Bertz CT molecular complexity index is 532. The van der Waals surface area contributed by atoms with Crippen LogP contribution in [0.25, 0.3) is 0 Å². The molecule has 23 heavy (non-hydrogen) atoms. The minimum Gasteiger partial charge on any atom is -0.466 e. The van der Waals surface area contributed by atoms with Crippen LogP contribution in [0.2, 0.25) is 0 Å². The van der Waals surface area contributed by atoms with Gasteiger partial charge in [-0.2, -0.15) is 0 Å². The maximum absolute atomic E-state index is 13.1. The molecule has 0 spiro atoms. The molecule has 1 aromatic rings. The zero-order valence-electron chi connectivity index (χ0n) is 13.8. The molecular formula is C17H24FNO4. The van der Waals surface area contributed by atoms with Gasteiger partial charge in [-0.1, -0.05) is 12.1 Å². The fourth-order valence-corrected chi connectivity index (χ4v) is 2.37. The molecule has 0 radical (unpaired) electrons. The summed E-state index contributed by atoms with van der Waals surface area (Å²) in [6.07, 6.45) is 0.978. The molecule has 0 aromatic heterocycles. The molecule has 128 valence electrons. The molecule has 0 amide bonds. The first-order valence-electron chi connectivity index (χ1n) is 7.63. The molecule has 2 unspecified atom stereocenters. The molecule has 0 aliphatic carbocycles. The Balaban J connectivity index is 2.76. The van der Waals surface area contributed by atoms with E-state index >= 15 is 0 Å². The molecule has 0 heterocycles. The van der Waals surface area contributed by atoms with Crippen molar-refractivity contribution in [2.45, 2.75) is 51.7 Å². The molecule has 0 aliphatic heterocycles. The summed E-state index contributed by atoms with van der Waals surface area (Å²) in [6.45, 7) is 5.11. The highest BCUT2D eigenvalue weighted by atomic mass is 19.1. The first kappa shape index (κ1) is 19.1. The summed E-state index contributed by atoms with van der Waals surface area (Å²) in [7, 11) is 0. The van der Waals surface area contributed by atoms with Crippen LogP contribution < -0.4 is 5.73 Å². The fraction of sp³-hybridized carbons (Fsp3) is 0.529. The average molecular weight is 325 g/mol. The summed E-state index contributed by atoms with van der Waals surface area (Å²) < 4.78 is 23.4. The van der Waals surface area contributed by atoms with Gasteiger partial charge in [-0.3, -0.25) is 9.59 Å². The Morgan fingerprint density at radius 2 is 1.91 bits per heavy atom. The highest BCUT2D eigenvalue weighted by Crippen LogP contribution is 2.31. The highest BCUT2D eigenvalue weighted by Gasteiger charge is 2.31. The number of carbonyl (C=O) groups excluding carboxylic acids is 2. The molecule has 1 aromatic carbocycles. The second kappa shape index (κ2) is 8.62. The van der Waals surface area contributed by atoms with Crippen LogP contribution in [0, 0.1) is 5.82 Å². The van der Waals surface area contributed by atoms with E-state index in [2.05, 4.69) is 0 Å². The molecular weight excluding hydrogens is 301 g/mol. The summed E-state index contributed by atoms with van der Waals surface area (Å²) in [6, 6.07) is 5.39. The number of benzene rings is 1. The van der Waals surface area contributed by atoms with Crippen LogP contribution in [0.5, 0.6) is 0 Å². The van der Waals surface area contributed by atoms with Gasteiger partial charge in [-0.25, -0.2) is 4.39 Å². The van der Waals surface area contributed by atoms with E-state index in [0.29, 0.717) is 25.0 Å². The van der Waals surface area contributed by atoms with Crippen LogP contribution in [0.15, 0.2) is 24.3 Å². The summed E-state index contributed by atoms with van der Waals surface area (Å²) >= 11 is 0. The van der Waals surface area contributed by atoms with Crippen molar-refractivity contribution < 1.29 is 23.5 Å². The number of ether oxygens (including phenoxy) is 2. The Morgan fingerprint density at radius 1 is 1.30 bits per heavy atom. The molecule has 1 rings (SSSR count). The number of hydrogen-bond donors (Lipinski definition) is 1. The maximum Gasteiger partial charge on any atom is 0.307 e. The van der Waals surface area contributed by atoms with E-state index in [0.717, 1.165) is 0 Å². The molecule has 0 saturated carbocycles. The van der Waals surface area contributed by atoms with Crippen molar-refractivity contribution in [1.29, 1.82) is 0 Å². The predicted molar refractivity (Wildman–Crippen MR) is 84.0 cm³/mol. The standard InChI is InChI=1S/C17H24FNO4/c1-4-22-16(21)11-15(19)9-10-17(3,23-12(2)20)13-5-7-14(18)8-6-13/h5-8,15H,4,9-11,19H2,1-3H3. The van der Waals surface area contributed by atoms with Crippen LogP contribution in [-0.4, -0.2) is 24.6 Å². The molecule has 6 heteroatoms. The van der Waals surface area contributed by atoms with Crippen molar-refractivity contribution in [2.24, 2.45) is 5.73 Å². The van der Waals surface area contributed by atoms with Crippen molar-refractivity contribution >= 4 is 11.9 Å². The lowest BCUT2D eigenvalue weighted by Crippen LogP contribution is -2.32. The summed E-state index contributed by atoms with van der Waals surface area (Å²) in [5.74, 6) is -1.15. The summed E-state index contributed by atoms with van der Waals surface area (Å²) in [4.78, 5) is 22.8. The van der Waals surface area contributed by atoms with Gasteiger partial charge in [0.2, 0.25) is 0 Å². The number of hydrogen-bond acceptors (Lipinski definition) is 5. The zero-order chi connectivity index (χ0) is 17.5. The van der Waals surface area contributed by atoms with Crippen LogP contribution in [-0.2, 0) is 24.7 Å². The number of carbonyl (C=O) groups is 2. The molecule has 2 N–H and O–H groups in total. The van der Waals surface area contributed by atoms with Crippen LogP contribution >= 0.6 is 0 Å². The van der Waals surface area contributed by atoms with Crippen LogP contribution in [0.3, 0.4) is 0 Å². The van der Waals surface area contributed by atoms with Crippen molar-refractivity contribution in [3.63, 3.8) is 0 Å².